The van der Waals surface area contributed by atoms with E-state index in [-0.39, 0.29) is 29.8 Å². The Morgan fingerprint density at radius 1 is 1.00 bits per heavy atom. The Morgan fingerprint density at radius 2 is 1.68 bits per heavy atom. The van der Waals surface area contributed by atoms with Crippen LogP contribution in [0.3, 0.4) is 0 Å². The van der Waals surface area contributed by atoms with Crippen LogP contribution >= 0.6 is 0 Å². The summed E-state index contributed by atoms with van der Waals surface area (Å²) >= 11 is 0. The number of ether oxygens (including phenoxy) is 3. The van der Waals surface area contributed by atoms with Gasteiger partial charge in [0.2, 0.25) is 0 Å². The number of rotatable bonds is 7. The van der Waals surface area contributed by atoms with Gasteiger partial charge in [-0.05, 0) is 73.9 Å². The summed E-state index contributed by atoms with van der Waals surface area (Å²) in [7, 11) is 0. The van der Waals surface area contributed by atoms with E-state index in [2.05, 4.69) is 0 Å². The highest BCUT2D eigenvalue weighted by molar-refractivity contribution is 6.46. The molecule has 2 aliphatic heterocycles. The van der Waals surface area contributed by atoms with Gasteiger partial charge >= 0.3 is 0 Å². The third-order valence-corrected chi connectivity index (χ3v) is 6.48. The van der Waals surface area contributed by atoms with Crippen molar-refractivity contribution >= 4 is 17.4 Å². The number of fused-ring (bicyclic) bond motifs is 1. The normalized spacial score (nSPS) is 18.2. The molecule has 0 aliphatic carbocycles. The quantitative estimate of drug-likeness (QED) is 0.268. The van der Waals surface area contributed by atoms with Crippen molar-refractivity contribution in [2.24, 2.45) is 0 Å². The second-order valence-corrected chi connectivity index (χ2v) is 9.46. The molecule has 1 unspecified atom stereocenters. The first kappa shape index (κ1) is 25.3. The molecule has 8 heteroatoms. The number of likely N-dealkylation sites (tertiary alicyclic amines) is 1. The summed E-state index contributed by atoms with van der Waals surface area (Å²) in [5.74, 6) is -0.474. The molecule has 0 radical (unpaired) electrons. The van der Waals surface area contributed by atoms with Crippen LogP contribution in [0.25, 0.3) is 5.76 Å². The zero-order chi connectivity index (χ0) is 26.8. The molecule has 3 aromatic carbocycles. The van der Waals surface area contributed by atoms with Crippen LogP contribution in [-0.4, -0.2) is 47.6 Å². The minimum Gasteiger partial charge on any atom is -0.507 e. The van der Waals surface area contributed by atoms with E-state index < -0.39 is 17.7 Å². The van der Waals surface area contributed by atoms with Gasteiger partial charge in [0, 0.05) is 12.1 Å². The van der Waals surface area contributed by atoms with E-state index in [0.717, 1.165) is 5.56 Å². The van der Waals surface area contributed by atoms with E-state index in [1.165, 1.54) is 17.0 Å². The average Bonchev–Trinajstić information content (AvgIpc) is 3.17. The molecule has 1 amide bonds. The standard InChI is InChI=1S/C30H28FNO6/c1-18(2)38-23-10-5-20(6-11-23)27-26(28(33)21-7-12-24-25(17-21)37-16-15-36-24)29(34)30(35)32(27)14-13-19-3-8-22(31)9-4-19/h3-12,17-18,27,33H,13-16H2,1-2H3/b28-26-. The summed E-state index contributed by atoms with van der Waals surface area (Å²) in [5, 5.41) is 11.4. The van der Waals surface area contributed by atoms with Crippen molar-refractivity contribution < 1.29 is 33.3 Å². The molecule has 7 nitrogen and oxygen atoms in total. The van der Waals surface area contributed by atoms with Crippen molar-refractivity contribution in [3.05, 3.63) is 94.8 Å². The van der Waals surface area contributed by atoms with Gasteiger partial charge in [0.25, 0.3) is 11.7 Å². The summed E-state index contributed by atoms with van der Waals surface area (Å²) in [6.07, 6.45) is 0.389. The van der Waals surface area contributed by atoms with E-state index in [1.54, 1.807) is 54.6 Å². The molecule has 0 aromatic heterocycles. The number of ketones is 1. The van der Waals surface area contributed by atoms with Crippen LogP contribution in [-0.2, 0) is 16.0 Å². The first-order valence-corrected chi connectivity index (χ1v) is 12.5. The highest BCUT2D eigenvalue weighted by atomic mass is 19.1. The third kappa shape index (κ3) is 5.07. The summed E-state index contributed by atoms with van der Waals surface area (Å²) in [4.78, 5) is 28.0. The van der Waals surface area contributed by atoms with Crippen LogP contribution in [0.15, 0.2) is 72.3 Å². The molecule has 2 heterocycles. The van der Waals surface area contributed by atoms with E-state index in [0.29, 0.717) is 48.0 Å². The zero-order valence-corrected chi connectivity index (χ0v) is 21.1. The molecule has 0 bridgehead atoms. The molecule has 196 valence electrons. The van der Waals surface area contributed by atoms with Gasteiger partial charge < -0.3 is 24.2 Å². The summed E-state index contributed by atoms with van der Waals surface area (Å²) in [5.41, 5.74) is 1.80. The Kier molecular flexibility index (Phi) is 7.05. The number of amides is 1. The van der Waals surface area contributed by atoms with Gasteiger partial charge in [0.1, 0.15) is 30.5 Å². The predicted octanol–water partition coefficient (Wildman–Crippen LogP) is 5.05. The van der Waals surface area contributed by atoms with Gasteiger partial charge in [0.15, 0.2) is 11.5 Å². The van der Waals surface area contributed by atoms with Crippen molar-refractivity contribution in [2.45, 2.75) is 32.4 Å². The lowest BCUT2D eigenvalue weighted by molar-refractivity contribution is -0.139. The molecule has 1 atom stereocenters. The fourth-order valence-corrected chi connectivity index (χ4v) is 4.70. The van der Waals surface area contributed by atoms with E-state index in [1.807, 2.05) is 13.8 Å². The maximum Gasteiger partial charge on any atom is 0.295 e. The number of hydrogen-bond donors (Lipinski definition) is 1. The highest BCUT2D eigenvalue weighted by Crippen LogP contribution is 2.41. The Bertz CT molecular complexity index is 1380. The molecular formula is C30H28FNO6. The Hall–Kier alpha value is -4.33. The average molecular weight is 518 g/mol. The Labute approximate surface area is 220 Å². The van der Waals surface area contributed by atoms with Gasteiger partial charge in [-0.15, -0.1) is 0 Å². The second kappa shape index (κ2) is 10.6. The van der Waals surface area contributed by atoms with Crippen LogP contribution in [0.5, 0.6) is 17.2 Å². The zero-order valence-electron chi connectivity index (χ0n) is 21.1. The van der Waals surface area contributed by atoms with Crippen molar-refractivity contribution in [3.63, 3.8) is 0 Å². The number of benzene rings is 3. The van der Waals surface area contributed by atoms with Crippen molar-refractivity contribution in [2.75, 3.05) is 19.8 Å². The minimum atomic E-state index is -0.822. The minimum absolute atomic E-state index is 0.0108. The van der Waals surface area contributed by atoms with Gasteiger partial charge in [-0.1, -0.05) is 24.3 Å². The fraction of sp³-hybridized carbons (Fsp3) is 0.267. The SMILES string of the molecule is CC(C)Oc1ccc(C2/C(=C(/O)c3ccc4c(c3)OCCO4)C(=O)C(=O)N2CCc2ccc(F)cc2)cc1. The number of aliphatic hydroxyl groups is 1. The molecule has 3 aromatic rings. The molecule has 1 N–H and O–H groups in total. The van der Waals surface area contributed by atoms with Crippen LogP contribution < -0.4 is 14.2 Å². The number of Topliss-reactive ketones (excluding diaryl/α,β-unsaturated/α-hetero) is 1. The van der Waals surface area contributed by atoms with E-state index in [9.17, 15) is 19.1 Å². The summed E-state index contributed by atoms with van der Waals surface area (Å²) < 4.78 is 30.3. The molecule has 2 aliphatic rings. The number of aliphatic hydroxyl groups excluding tert-OH is 1. The molecule has 1 fully saturated rings. The number of halogens is 1. The topological polar surface area (TPSA) is 85.3 Å². The molecule has 0 spiro atoms. The second-order valence-electron chi connectivity index (χ2n) is 9.46. The summed E-state index contributed by atoms with van der Waals surface area (Å²) in [6, 6.07) is 17.2. The number of carbonyl (C=O) groups is 2. The Balaban J connectivity index is 1.54. The van der Waals surface area contributed by atoms with Gasteiger partial charge in [-0.25, -0.2) is 4.39 Å². The Morgan fingerprint density at radius 3 is 2.37 bits per heavy atom. The van der Waals surface area contributed by atoms with Crippen LogP contribution in [0.4, 0.5) is 4.39 Å². The van der Waals surface area contributed by atoms with Crippen LogP contribution in [0, 0.1) is 5.82 Å². The highest BCUT2D eigenvalue weighted by Gasteiger charge is 2.46. The lowest BCUT2D eigenvalue weighted by Gasteiger charge is -2.26. The van der Waals surface area contributed by atoms with Crippen molar-refractivity contribution in [3.8, 4) is 17.2 Å². The lowest BCUT2D eigenvalue weighted by atomic mass is 9.95. The van der Waals surface area contributed by atoms with Crippen LogP contribution in [0.1, 0.15) is 36.6 Å². The smallest absolute Gasteiger partial charge is 0.295 e. The largest absolute Gasteiger partial charge is 0.507 e. The predicted molar refractivity (Wildman–Crippen MR) is 139 cm³/mol. The molecule has 0 saturated carbocycles. The number of nitrogens with zero attached hydrogens (tertiary/aromatic N) is 1. The van der Waals surface area contributed by atoms with Crippen LogP contribution in [0.2, 0.25) is 0 Å². The van der Waals surface area contributed by atoms with E-state index >= 15 is 0 Å². The lowest BCUT2D eigenvalue weighted by Crippen LogP contribution is -2.31. The first-order valence-electron chi connectivity index (χ1n) is 12.5. The first-order chi connectivity index (χ1) is 18.3. The third-order valence-electron chi connectivity index (χ3n) is 6.48. The van der Waals surface area contributed by atoms with Gasteiger partial charge in [-0.3, -0.25) is 9.59 Å². The summed E-state index contributed by atoms with van der Waals surface area (Å²) in [6.45, 7) is 4.84. The monoisotopic (exact) mass is 517 g/mol. The number of hydrogen-bond acceptors (Lipinski definition) is 6. The van der Waals surface area contributed by atoms with Gasteiger partial charge in [-0.2, -0.15) is 0 Å². The van der Waals surface area contributed by atoms with Crippen molar-refractivity contribution in [1.82, 2.24) is 4.90 Å². The molecule has 5 rings (SSSR count). The maximum atomic E-state index is 13.4. The molecule has 38 heavy (non-hydrogen) atoms. The van der Waals surface area contributed by atoms with E-state index in [4.69, 9.17) is 14.2 Å². The van der Waals surface area contributed by atoms with Crippen molar-refractivity contribution in [1.29, 1.82) is 0 Å². The molecular weight excluding hydrogens is 489 g/mol. The maximum absolute atomic E-state index is 13.4. The van der Waals surface area contributed by atoms with Gasteiger partial charge in [0.05, 0.1) is 17.7 Å². The molecule has 1 saturated heterocycles. The number of carbonyl (C=O) groups excluding carboxylic acids is 2. The fourth-order valence-electron chi connectivity index (χ4n) is 4.70.